The molecule has 0 aromatic heterocycles. The van der Waals surface area contributed by atoms with Crippen LogP contribution in [0.2, 0.25) is 0 Å². The first-order chi connectivity index (χ1) is 6.22. The van der Waals surface area contributed by atoms with E-state index in [2.05, 4.69) is 0 Å². The lowest BCUT2D eigenvalue weighted by molar-refractivity contribution is -0.0484. The zero-order valence-electron chi connectivity index (χ0n) is 9.03. The number of nitrogens with zero attached hydrogens (tertiary/aromatic N) is 1. The van der Waals surface area contributed by atoms with Crippen LogP contribution in [0.1, 0.15) is 33.6 Å². The van der Waals surface area contributed by atoms with Gasteiger partial charge in [-0.2, -0.15) is 0 Å². The largest absolute Gasteiger partial charge is 0.354 e. The number of amidine groups is 1. The Morgan fingerprint density at radius 2 is 1.93 bits per heavy atom. The highest BCUT2D eigenvalue weighted by Crippen LogP contribution is 2.29. The van der Waals surface area contributed by atoms with Crippen molar-refractivity contribution >= 4 is 5.84 Å². The molecular formula is C10H18F2N2. The predicted molar refractivity (Wildman–Crippen MR) is 52.9 cm³/mol. The Bertz CT molecular complexity index is 231. The van der Waals surface area contributed by atoms with Gasteiger partial charge in [0.05, 0.1) is 6.54 Å². The van der Waals surface area contributed by atoms with Crippen molar-refractivity contribution in [3.63, 3.8) is 0 Å². The zero-order chi connectivity index (χ0) is 11.0. The summed E-state index contributed by atoms with van der Waals surface area (Å²) in [5.41, 5.74) is -0.340. The topological polar surface area (TPSA) is 27.1 Å². The average Bonchev–Trinajstić information content (AvgIpc) is 1.99. The van der Waals surface area contributed by atoms with Crippen LogP contribution in [0.5, 0.6) is 0 Å². The Kier molecular flexibility index (Phi) is 2.83. The summed E-state index contributed by atoms with van der Waals surface area (Å²) in [7, 11) is 0. The summed E-state index contributed by atoms with van der Waals surface area (Å²) < 4.78 is 26.1. The van der Waals surface area contributed by atoms with Crippen molar-refractivity contribution in [2.24, 2.45) is 5.41 Å². The smallest absolute Gasteiger partial charge is 0.265 e. The summed E-state index contributed by atoms with van der Waals surface area (Å²) in [6.07, 6.45) is 0.437. The van der Waals surface area contributed by atoms with E-state index in [4.69, 9.17) is 5.41 Å². The molecule has 0 radical (unpaired) electrons. The van der Waals surface area contributed by atoms with Crippen molar-refractivity contribution in [2.45, 2.75) is 39.5 Å². The molecule has 0 aliphatic carbocycles. The normalized spacial score (nSPS) is 22.2. The molecule has 1 N–H and O–H groups in total. The van der Waals surface area contributed by atoms with Crippen LogP contribution in [0.4, 0.5) is 8.78 Å². The molecule has 4 heteroatoms. The molecule has 1 rings (SSSR count). The van der Waals surface area contributed by atoms with Crippen LogP contribution in [-0.4, -0.2) is 29.7 Å². The van der Waals surface area contributed by atoms with Gasteiger partial charge in [0.25, 0.3) is 5.92 Å². The molecule has 0 aromatic carbocycles. The second-order valence-electron chi connectivity index (χ2n) is 4.98. The molecule has 2 nitrogen and oxygen atoms in total. The molecule has 1 saturated heterocycles. The molecule has 1 fully saturated rings. The SMILES string of the molecule is CC(C)(C)C(=N)N1CCCC(F)(F)C1. The van der Waals surface area contributed by atoms with E-state index in [1.807, 2.05) is 20.8 Å². The number of alkyl halides is 2. The van der Waals surface area contributed by atoms with Gasteiger partial charge in [-0.3, -0.25) is 5.41 Å². The number of nitrogens with one attached hydrogen (secondary N) is 1. The van der Waals surface area contributed by atoms with E-state index in [-0.39, 0.29) is 18.4 Å². The third-order valence-electron chi connectivity index (χ3n) is 2.42. The van der Waals surface area contributed by atoms with Gasteiger partial charge in [0.15, 0.2) is 0 Å². The van der Waals surface area contributed by atoms with E-state index in [9.17, 15) is 8.78 Å². The zero-order valence-corrected chi connectivity index (χ0v) is 9.03. The molecular weight excluding hydrogens is 186 g/mol. The maximum Gasteiger partial charge on any atom is 0.265 e. The summed E-state index contributed by atoms with van der Waals surface area (Å²) in [6, 6.07) is 0. The highest BCUT2D eigenvalue weighted by atomic mass is 19.3. The minimum atomic E-state index is -2.62. The highest BCUT2D eigenvalue weighted by Gasteiger charge is 2.38. The number of halogens is 2. The lowest BCUT2D eigenvalue weighted by Gasteiger charge is -2.38. The summed E-state index contributed by atoms with van der Waals surface area (Å²) in [4.78, 5) is 1.50. The van der Waals surface area contributed by atoms with Gasteiger partial charge in [-0.1, -0.05) is 20.8 Å². The van der Waals surface area contributed by atoms with Crippen LogP contribution >= 0.6 is 0 Å². The number of likely N-dealkylation sites (tertiary alicyclic amines) is 1. The van der Waals surface area contributed by atoms with Crippen LogP contribution < -0.4 is 0 Å². The molecule has 0 saturated carbocycles. The fourth-order valence-electron chi connectivity index (χ4n) is 1.63. The van der Waals surface area contributed by atoms with Crippen LogP contribution in [0.3, 0.4) is 0 Å². The second kappa shape index (κ2) is 3.48. The molecule has 1 aliphatic rings. The van der Waals surface area contributed by atoms with Gasteiger partial charge in [-0.05, 0) is 6.42 Å². The Morgan fingerprint density at radius 3 is 2.36 bits per heavy atom. The van der Waals surface area contributed by atoms with E-state index in [0.717, 1.165) is 0 Å². The first-order valence-corrected chi connectivity index (χ1v) is 4.94. The Morgan fingerprint density at radius 1 is 1.36 bits per heavy atom. The van der Waals surface area contributed by atoms with E-state index in [1.54, 1.807) is 0 Å². The number of piperidine rings is 1. The van der Waals surface area contributed by atoms with Gasteiger partial charge >= 0.3 is 0 Å². The Labute approximate surface area is 83.8 Å². The molecule has 0 atom stereocenters. The number of rotatable bonds is 0. The maximum absolute atomic E-state index is 13.1. The lowest BCUT2D eigenvalue weighted by atomic mass is 9.92. The maximum atomic E-state index is 13.1. The first kappa shape index (κ1) is 11.4. The number of hydrogen-bond donors (Lipinski definition) is 1. The van der Waals surface area contributed by atoms with Crippen molar-refractivity contribution < 1.29 is 8.78 Å². The Balaban J connectivity index is 2.66. The average molecular weight is 204 g/mol. The summed E-state index contributed by atoms with van der Waals surface area (Å²) in [5.74, 6) is -2.30. The van der Waals surface area contributed by atoms with Gasteiger partial charge in [-0.15, -0.1) is 0 Å². The van der Waals surface area contributed by atoms with Gasteiger partial charge in [0.2, 0.25) is 0 Å². The van der Waals surface area contributed by atoms with Crippen LogP contribution in [0, 0.1) is 10.8 Å². The Hall–Kier alpha value is -0.670. The van der Waals surface area contributed by atoms with Crippen LogP contribution in [0.25, 0.3) is 0 Å². The van der Waals surface area contributed by atoms with Crippen LogP contribution in [-0.2, 0) is 0 Å². The predicted octanol–water partition coefficient (Wildman–Crippen LogP) is 2.74. The monoisotopic (exact) mass is 204 g/mol. The molecule has 0 bridgehead atoms. The van der Waals surface area contributed by atoms with Crippen molar-refractivity contribution in [2.75, 3.05) is 13.1 Å². The van der Waals surface area contributed by atoms with E-state index >= 15 is 0 Å². The van der Waals surface area contributed by atoms with Gasteiger partial charge in [0.1, 0.15) is 5.84 Å². The highest BCUT2D eigenvalue weighted by molar-refractivity contribution is 5.84. The van der Waals surface area contributed by atoms with Crippen molar-refractivity contribution in [3.8, 4) is 0 Å². The molecule has 0 unspecified atom stereocenters. The van der Waals surface area contributed by atoms with Crippen molar-refractivity contribution in [3.05, 3.63) is 0 Å². The fourth-order valence-corrected chi connectivity index (χ4v) is 1.63. The summed E-state index contributed by atoms with van der Waals surface area (Å²) in [6.45, 7) is 5.93. The van der Waals surface area contributed by atoms with Crippen molar-refractivity contribution in [1.82, 2.24) is 4.90 Å². The van der Waals surface area contributed by atoms with Gasteiger partial charge < -0.3 is 4.90 Å². The third-order valence-corrected chi connectivity index (χ3v) is 2.42. The summed E-state index contributed by atoms with van der Waals surface area (Å²) in [5, 5.41) is 7.80. The van der Waals surface area contributed by atoms with E-state index in [0.29, 0.717) is 18.8 Å². The molecule has 0 aromatic rings. The molecule has 1 heterocycles. The lowest BCUT2D eigenvalue weighted by Crippen LogP contribution is -2.49. The molecule has 0 amide bonds. The quantitative estimate of drug-likeness (QED) is 0.476. The van der Waals surface area contributed by atoms with Gasteiger partial charge in [-0.25, -0.2) is 8.78 Å². The van der Waals surface area contributed by atoms with Gasteiger partial charge in [0, 0.05) is 18.4 Å². The number of hydrogen-bond acceptors (Lipinski definition) is 1. The molecule has 1 aliphatic heterocycles. The molecule has 0 spiro atoms. The summed E-state index contributed by atoms with van der Waals surface area (Å²) >= 11 is 0. The first-order valence-electron chi connectivity index (χ1n) is 4.94. The van der Waals surface area contributed by atoms with E-state index in [1.165, 1.54) is 4.90 Å². The standard InChI is InChI=1S/C10H18F2N2/c1-9(2,3)8(13)14-6-4-5-10(11,12)7-14/h13H,4-7H2,1-3H3. The molecule has 82 valence electrons. The molecule has 14 heavy (non-hydrogen) atoms. The van der Waals surface area contributed by atoms with E-state index < -0.39 is 5.92 Å². The minimum Gasteiger partial charge on any atom is -0.354 e. The van der Waals surface area contributed by atoms with Crippen LogP contribution in [0.15, 0.2) is 0 Å². The fraction of sp³-hybridized carbons (Fsp3) is 0.900. The third kappa shape index (κ3) is 2.66. The minimum absolute atomic E-state index is 0.0408. The second-order valence-corrected chi connectivity index (χ2v) is 4.98. The van der Waals surface area contributed by atoms with Crippen molar-refractivity contribution in [1.29, 1.82) is 5.41 Å².